The molecule has 0 bridgehead atoms. The van der Waals surface area contributed by atoms with Gasteiger partial charge in [-0.05, 0) is 79.4 Å². The van der Waals surface area contributed by atoms with Crippen LogP contribution in [-0.4, -0.2) is 23.9 Å². The predicted molar refractivity (Wildman–Crippen MR) is 132 cm³/mol. The fourth-order valence-electron chi connectivity index (χ4n) is 4.04. The number of para-hydroxylation sites is 1. The number of nitrogens with one attached hydrogen (secondary N) is 1. The van der Waals surface area contributed by atoms with Crippen LogP contribution in [0.1, 0.15) is 50.7 Å². The average Bonchev–Trinajstić information content (AvgIpc) is 2.83. The van der Waals surface area contributed by atoms with Gasteiger partial charge < -0.3 is 10.1 Å². The first kappa shape index (κ1) is 23.6. The number of amides is 1. The van der Waals surface area contributed by atoms with Crippen LogP contribution >= 0.6 is 0 Å². The third-order valence-corrected chi connectivity index (χ3v) is 5.57. The van der Waals surface area contributed by atoms with Crippen LogP contribution in [0.25, 0.3) is 0 Å². The molecule has 0 atom stereocenters. The molecule has 4 heteroatoms. The normalized spacial score (nSPS) is 14.2. The van der Waals surface area contributed by atoms with Gasteiger partial charge in [0.15, 0.2) is 0 Å². The zero-order valence-corrected chi connectivity index (χ0v) is 19.4. The van der Waals surface area contributed by atoms with E-state index in [0.717, 1.165) is 49.7 Å². The molecule has 1 aliphatic rings. The van der Waals surface area contributed by atoms with Crippen molar-refractivity contribution in [3.8, 4) is 11.5 Å². The molecule has 0 saturated carbocycles. The lowest BCUT2D eigenvalue weighted by molar-refractivity contribution is -0.114. The maximum atomic E-state index is 11.3. The van der Waals surface area contributed by atoms with Gasteiger partial charge in [0.1, 0.15) is 11.5 Å². The number of likely N-dealkylation sites (tertiary alicyclic amines) is 1. The van der Waals surface area contributed by atoms with E-state index >= 15 is 0 Å². The summed E-state index contributed by atoms with van der Waals surface area (Å²) in [5.41, 5.74) is 3.52. The van der Waals surface area contributed by atoms with E-state index in [2.05, 4.69) is 34.5 Å². The van der Waals surface area contributed by atoms with E-state index in [1.54, 1.807) is 6.92 Å². The molecule has 0 radical (unpaired) electrons. The largest absolute Gasteiger partial charge is 0.457 e. The van der Waals surface area contributed by atoms with Crippen LogP contribution in [0.3, 0.4) is 0 Å². The molecule has 1 heterocycles. The van der Waals surface area contributed by atoms with Gasteiger partial charge in [-0.15, -0.1) is 0 Å². The fourth-order valence-corrected chi connectivity index (χ4v) is 4.04. The molecule has 3 aromatic rings. The summed E-state index contributed by atoms with van der Waals surface area (Å²) in [6, 6.07) is 26.5. The summed E-state index contributed by atoms with van der Waals surface area (Å²) in [6.07, 6.45) is 2.28. The molecule has 32 heavy (non-hydrogen) atoms. The molecule has 0 aromatic heterocycles. The van der Waals surface area contributed by atoms with Crippen LogP contribution in [0.5, 0.6) is 11.5 Å². The van der Waals surface area contributed by atoms with Gasteiger partial charge >= 0.3 is 0 Å². The number of hydrogen-bond donors (Lipinski definition) is 1. The number of carbonyl (C=O) groups is 1. The monoisotopic (exact) mass is 430 g/mol. The van der Waals surface area contributed by atoms with Crippen LogP contribution in [0.4, 0.5) is 5.69 Å². The molecular weight excluding hydrogens is 396 g/mol. The van der Waals surface area contributed by atoms with E-state index < -0.39 is 0 Å². The fraction of sp³-hybridized carbons (Fsp3) is 0.321. The minimum absolute atomic E-state index is 0.0258. The minimum atomic E-state index is -0.0258. The van der Waals surface area contributed by atoms with Crippen LogP contribution in [0.2, 0.25) is 0 Å². The predicted octanol–water partition coefficient (Wildman–Crippen LogP) is 6.84. The first-order valence-electron chi connectivity index (χ1n) is 11.6. The summed E-state index contributed by atoms with van der Waals surface area (Å²) in [5.74, 6) is 2.25. The Morgan fingerprint density at radius 1 is 0.906 bits per heavy atom. The minimum Gasteiger partial charge on any atom is -0.457 e. The van der Waals surface area contributed by atoms with Gasteiger partial charge in [-0.1, -0.05) is 56.3 Å². The molecule has 3 aromatic carbocycles. The van der Waals surface area contributed by atoms with Gasteiger partial charge in [0.25, 0.3) is 0 Å². The van der Waals surface area contributed by atoms with Crippen molar-refractivity contribution in [2.45, 2.75) is 46.1 Å². The lowest BCUT2D eigenvalue weighted by Crippen LogP contribution is -2.32. The van der Waals surface area contributed by atoms with Gasteiger partial charge in [-0.25, -0.2) is 0 Å². The summed E-state index contributed by atoms with van der Waals surface area (Å²) < 4.78 is 5.88. The molecule has 1 aliphatic heterocycles. The Morgan fingerprint density at radius 3 is 2.22 bits per heavy atom. The third-order valence-electron chi connectivity index (χ3n) is 5.57. The molecule has 4 rings (SSSR count). The molecule has 0 aliphatic carbocycles. The van der Waals surface area contributed by atoms with Crippen LogP contribution in [0, 0.1) is 0 Å². The topological polar surface area (TPSA) is 41.6 Å². The first-order valence-corrected chi connectivity index (χ1v) is 11.6. The molecule has 4 nitrogen and oxygen atoms in total. The summed E-state index contributed by atoms with van der Waals surface area (Å²) in [7, 11) is 0. The maximum Gasteiger partial charge on any atom is 0.221 e. The molecule has 168 valence electrons. The number of benzene rings is 3. The second-order valence-electron chi connectivity index (χ2n) is 7.92. The Labute approximate surface area is 192 Å². The average molecular weight is 431 g/mol. The number of carbonyl (C=O) groups excluding carboxylic acids is 1. The summed E-state index contributed by atoms with van der Waals surface area (Å²) in [6.45, 7) is 8.67. The highest BCUT2D eigenvalue weighted by molar-refractivity contribution is 5.88. The number of ether oxygens (including phenoxy) is 1. The zero-order valence-electron chi connectivity index (χ0n) is 19.4. The number of piperidine rings is 1. The Bertz CT molecular complexity index is 962. The van der Waals surface area contributed by atoms with Crippen LogP contribution in [0.15, 0.2) is 78.9 Å². The van der Waals surface area contributed by atoms with Crippen molar-refractivity contribution in [1.82, 2.24) is 4.90 Å². The molecular formula is C28H34N2O2. The molecule has 1 fully saturated rings. The number of rotatable bonds is 6. The summed E-state index contributed by atoms with van der Waals surface area (Å²) in [4.78, 5) is 13.8. The van der Waals surface area contributed by atoms with Crippen molar-refractivity contribution < 1.29 is 9.53 Å². The van der Waals surface area contributed by atoms with Gasteiger partial charge in [-0.3, -0.25) is 9.69 Å². The lowest BCUT2D eigenvalue weighted by Gasteiger charge is -2.32. The summed E-state index contributed by atoms with van der Waals surface area (Å²) in [5, 5.41) is 2.89. The highest BCUT2D eigenvalue weighted by Gasteiger charge is 2.21. The van der Waals surface area contributed by atoms with E-state index in [0.29, 0.717) is 5.92 Å². The molecule has 1 saturated heterocycles. The second-order valence-corrected chi connectivity index (χ2v) is 7.92. The molecule has 1 amide bonds. The lowest BCUT2D eigenvalue weighted by atomic mass is 9.89. The van der Waals surface area contributed by atoms with Gasteiger partial charge in [0.05, 0.1) is 0 Å². The quantitative estimate of drug-likeness (QED) is 0.465. The van der Waals surface area contributed by atoms with E-state index in [-0.39, 0.29) is 5.91 Å². The Hall–Kier alpha value is -3.11. The molecule has 0 spiro atoms. The summed E-state index contributed by atoms with van der Waals surface area (Å²) >= 11 is 0. The zero-order chi connectivity index (χ0) is 22.8. The van der Waals surface area contributed by atoms with E-state index in [4.69, 9.17) is 4.74 Å². The van der Waals surface area contributed by atoms with E-state index in [1.807, 2.05) is 68.4 Å². The van der Waals surface area contributed by atoms with Gasteiger partial charge in [0, 0.05) is 19.2 Å². The van der Waals surface area contributed by atoms with Gasteiger partial charge in [-0.2, -0.15) is 0 Å². The van der Waals surface area contributed by atoms with E-state index in [1.165, 1.54) is 11.1 Å². The van der Waals surface area contributed by atoms with Crippen molar-refractivity contribution >= 4 is 11.6 Å². The number of nitrogens with zero attached hydrogens (tertiary/aromatic N) is 1. The van der Waals surface area contributed by atoms with E-state index in [9.17, 15) is 4.79 Å². The molecule has 0 unspecified atom stereocenters. The SMILES string of the molecule is CC.CC(=O)Nc1cccc(C2CCN(Cc3ccc(Oc4ccccc4)cc3)CC2)c1. The van der Waals surface area contributed by atoms with Crippen molar-refractivity contribution in [3.63, 3.8) is 0 Å². The maximum absolute atomic E-state index is 11.3. The molecule has 1 N–H and O–H groups in total. The Balaban J connectivity index is 0.00000141. The smallest absolute Gasteiger partial charge is 0.221 e. The Morgan fingerprint density at radius 2 is 1.56 bits per heavy atom. The second kappa shape index (κ2) is 12.1. The van der Waals surface area contributed by atoms with Crippen LogP contribution < -0.4 is 10.1 Å². The number of anilines is 1. The van der Waals surface area contributed by atoms with Crippen LogP contribution in [-0.2, 0) is 11.3 Å². The third kappa shape index (κ3) is 6.96. The van der Waals surface area contributed by atoms with Crippen molar-refractivity contribution in [2.75, 3.05) is 18.4 Å². The van der Waals surface area contributed by atoms with Crippen molar-refractivity contribution in [3.05, 3.63) is 90.0 Å². The first-order chi connectivity index (χ1) is 15.7. The van der Waals surface area contributed by atoms with Crippen molar-refractivity contribution in [1.29, 1.82) is 0 Å². The highest BCUT2D eigenvalue weighted by atomic mass is 16.5. The Kier molecular flexibility index (Phi) is 8.88. The standard InChI is InChI=1S/C26H28N2O2.C2H6/c1-20(29)27-24-7-5-6-23(18-24)22-14-16-28(17-15-22)19-21-10-12-26(13-11-21)30-25-8-3-2-4-9-25;1-2/h2-13,18,22H,14-17,19H2,1H3,(H,27,29);1-2H3. The highest BCUT2D eigenvalue weighted by Crippen LogP contribution is 2.30. The van der Waals surface area contributed by atoms with Crippen molar-refractivity contribution in [2.24, 2.45) is 0 Å². The number of hydrogen-bond acceptors (Lipinski definition) is 3. The van der Waals surface area contributed by atoms with Gasteiger partial charge in [0.2, 0.25) is 5.91 Å².